The molecule has 18 heavy (non-hydrogen) atoms. The van der Waals surface area contributed by atoms with E-state index < -0.39 is 20.2 Å². The smallest absolute Gasteiger partial charge is 0.264 e. The standard InChI is InChI=1S/C6H14O6S4.2Na/c7-15(8,9)5-1-3-13-14-4-2-6-16(10,11)12;;/h1-6H2,(H,7,8,9)(H,10,11,12);;. The van der Waals surface area contributed by atoms with Crippen molar-refractivity contribution < 1.29 is 25.9 Å². The SMILES string of the molecule is O=S(=O)(O)CCCSSCCCS(=O)(=O)O.[Na].[Na]. The van der Waals surface area contributed by atoms with Crippen LogP contribution in [-0.2, 0) is 20.2 Å². The van der Waals surface area contributed by atoms with E-state index in [9.17, 15) is 16.8 Å². The molecule has 0 aliphatic rings. The van der Waals surface area contributed by atoms with Gasteiger partial charge in [0.05, 0.1) is 11.5 Å². The number of rotatable bonds is 9. The van der Waals surface area contributed by atoms with Crippen molar-refractivity contribution in [3.05, 3.63) is 0 Å². The van der Waals surface area contributed by atoms with Crippen LogP contribution in [0.5, 0.6) is 0 Å². The summed E-state index contributed by atoms with van der Waals surface area (Å²) in [4.78, 5) is 0. The molecule has 0 spiro atoms. The van der Waals surface area contributed by atoms with Crippen molar-refractivity contribution in [2.75, 3.05) is 23.0 Å². The Kier molecular flexibility index (Phi) is 18.7. The van der Waals surface area contributed by atoms with Gasteiger partial charge in [0.15, 0.2) is 0 Å². The second kappa shape index (κ2) is 13.2. The largest absolute Gasteiger partial charge is 0.286 e. The van der Waals surface area contributed by atoms with Crippen LogP contribution in [0.1, 0.15) is 12.8 Å². The maximum Gasteiger partial charge on any atom is 0.264 e. The first kappa shape index (κ1) is 25.5. The maximum absolute atomic E-state index is 10.3. The molecule has 0 aromatic heterocycles. The van der Waals surface area contributed by atoms with Crippen LogP contribution in [-0.4, -0.2) is 108 Å². The van der Waals surface area contributed by atoms with Crippen LogP contribution < -0.4 is 0 Å². The molecule has 6 nitrogen and oxygen atoms in total. The molecular weight excluding hydrogens is 342 g/mol. The molecule has 0 amide bonds. The molecule has 0 atom stereocenters. The Balaban J connectivity index is -0.00000112. The molecule has 12 heteroatoms. The molecule has 0 aromatic carbocycles. The van der Waals surface area contributed by atoms with E-state index in [0.29, 0.717) is 24.3 Å². The quantitative estimate of drug-likeness (QED) is 0.260. The van der Waals surface area contributed by atoms with Gasteiger partial charge < -0.3 is 0 Å². The van der Waals surface area contributed by atoms with Crippen molar-refractivity contribution in [2.24, 2.45) is 0 Å². The normalized spacial score (nSPS) is 11.4. The van der Waals surface area contributed by atoms with Gasteiger partial charge in [-0.15, -0.1) is 0 Å². The third-order valence-electron chi connectivity index (χ3n) is 1.34. The van der Waals surface area contributed by atoms with Gasteiger partial charge in [0.1, 0.15) is 0 Å². The summed E-state index contributed by atoms with van der Waals surface area (Å²) >= 11 is 0. The summed E-state index contributed by atoms with van der Waals surface area (Å²) in [6.07, 6.45) is 0.712. The van der Waals surface area contributed by atoms with Crippen LogP contribution in [0.25, 0.3) is 0 Å². The van der Waals surface area contributed by atoms with Gasteiger partial charge >= 0.3 is 0 Å². The summed E-state index contributed by atoms with van der Waals surface area (Å²) in [6.45, 7) is 0. The molecule has 0 saturated carbocycles. The molecule has 0 saturated heterocycles. The maximum atomic E-state index is 10.3. The summed E-state index contributed by atoms with van der Waals surface area (Å²) < 4.78 is 58.1. The van der Waals surface area contributed by atoms with Gasteiger partial charge in [0.2, 0.25) is 0 Å². The molecule has 0 heterocycles. The van der Waals surface area contributed by atoms with Crippen molar-refractivity contribution in [2.45, 2.75) is 12.8 Å². The summed E-state index contributed by atoms with van der Waals surface area (Å²) in [6, 6.07) is 0. The van der Waals surface area contributed by atoms with Crippen LogP contribution in [0.3, 0.4) is 0 Å². The molecule has 2 radical (unpaired) electrons. The van der Waals surface area contributed by atoms with E-state index in [4.69, 9.17) is 9.11 Å². The van der Waals surface area contributed by atoms with E-state index >= 15 is 0 Å². The van der Waals surface area contributed by atoms with Gasteiger partial charge in [0, 0.05) is 70.6 Å². The van der Waals surface area contributed by atoms with Crippen molar-refractivity contribution in [1.29, 1.82) is 0 Å². The van der Waals surface area contributed by atoms with E-state index in [2.05, 4.69) is 0 Å². The average Bonchev–Trinajstić information content (AvgIpc) is 2.06. The van der Waals surface area contributed by atoms with E-state index in [1.165, 1.54) is 21.6 Å². The van der Waals surface area contributed by atoms with E-state index in [1.54, 1.807) is 0 Å². The van der Waals surface area contributed by atoms with Gasteiger partial charge in [-0.05, 0) is 12.8 Å². The fourth-order valence-electron chi connectivity index (χ4n) is 0.718. The third kappa shape index (κ3) is 23.6. The third-order valence-corrected chi connectivity index (χ3v) is 5.53. The minimum atomic E-state index is -3.88. The molecule has 0 rings (SSSR count). The molecule has 0 bridgehead atoms. The molecule has 0 aromatic rings. The molecule has 0 aliphatic heterocycles. The van der Waals surface area contributed by atoms with Crippen molar-refractivity contribution in [3.63, 3.8) is 0 Å². The predicted octanol–water partition coefficient (Wildman–Crippen LogP) is 0.162. The zero-order valence-electron chi connectivity index (χ0n) is 10.4. The zero-order valence-corrected chi connectivity index (χ0v) is 17.7. The Bertz CT molecular complexity index is 343. The fourth-order valence-corrected chi connectivity index (χ4v) is 4.28. The molecule has 0 aliphatic carbocycles. The van der Waals surface area contributed by atoms with E-state index in [-0.39, 0.29) is 70.6 Å². The van der Waals surface area contributed by atoms with Crippen LogP contribution in [0, 0.1) is 0 Å². The van der Waals surface area contributed by atoms with Crippen LogP contribution >= 0.6 is 21.6 Å². The average molecular weight is 356 g/mol. The number of hydrogen-bond donors (Lipinski definition) is 2. The summed E-state index contributed by atoms with van der Waals surface area (Å²) in [5, 5.41) is 0. The van der Waals surface area contributed by atoms with Crippen molar-refractivity contribution in [1.82, 2.24) is 0 Å². The first-order valence-corrected chi connectivity index (χ1v) is 10.1. The van der Waals surface area contributed by atoms with Gasteiger partial charge in [-0.2, -0.15) is 16.8 Å². The minimum Gasteiger partial charge on any atom is -0.286 e. The molecule has 2 N–H and O–H groups in total. The van der Waals surface area contributed by atoms with Gasteiger partial charge in [-0.1, -0.05) is 21.6 Å². The molecule has 100 valence electrons. The Morgan fingerprint density at radius 2 is 1.00 bits per heavy atom. The Morgan fingerprint density at radius 3 is 1.22 bits per heavy atom. The molecular formula is C6H14Na2O6S4. The van der Waals surface area contributed by atoms with Crippen molar-refractivity contribution >= 4 is 101 Å². The topological polar surface area (TPSA) is 109 Å². The minimum absolute atomic E-state index is 0. The molecule has 0 unspecified atom stereocenters. The Labute approximate surface area is 160 Å². The second-order valence-electron chi connectivity index (χ2n) is 2.92. The summed E-state index contributed by atoms with van der Waals surface area (Å²) in [5.41, 5.74) is 0. The van der Waals surface area contributed by atoms with Crippen LogP contribution in [0.15, 0.2) is 0 Å². The zero-order chi connectivity index (χ0) is 12.7. The number of hydrogen-bond acceptors (Lipinski definition) is 6. The van der Waals surface area contributed by atoms with E-state index in [0.717, 1.165) is 0 Å². The fraction of sp³-hybridized carbons (Fsp3) is 1.00. The van der Waals surface area contributed by atoms with Gasteiger partial charge in [0.25, 0.3) is 20.2 Å². The van der Waals surface area contributed by atoms with Crippen LogP contribution in [0.2, 0.25) is 0 Å². The summed E-state index contributed by atoms with van der Waals surface area (Å²) in [7, 11) is -4.93. The van der Waals surface area contributed by atoms with Gasteiger partial charge in [-0.25, -0.2) is 0 Å². The van der Waals surface area contributed by atoms with Crippen molar-refractivity contribution in [3.8, 4) is 0 Å². The first-order valence-electron chi connectivity index (χ1n) is 4.35. The van der Waals surface area contributed by atoms with E-state index in [1.807, 2.05) is 0 Å². The summed E-state index contributed by atoms with van der Waals surface area (Å²) in [5.74, 6) is 0.615. The molecule has 0 fully saturated rings. The monoisotopic (exact) mass is 356 g/mol. The Hall–Kier alpha value is 2.52. The van der Waals surface area contributed by atoms with Gasteiger partial charge in [-0.3, -0.25) is 9.11 Å². The predicted molar refractivity (Wildman–Crippen MR) is 78.5 cm³/mol. The Morgan fingerprint density at radius 1 is 0.722 bits per heavy atom. The second-order valence-corrected chi connectivity index (χ2v) is 8.77. The van der Waals surface area contributed by atoms with Crippen LogP contribution in [0.4, 0.5) is 0 Å². The first-order chi connectivity index (χ1) is 7.21.